The van der Waals surface area contributed by atoms with Crippen LogP contribution in [-0.4, -0.2) is 12.6 Å². The molecule has 1 N–H and O–H groups in total. The second-order valence-electron chi connectivity index (χ2n) is 5.54. The van der Waals surface area contributed by atoms with Crippen molar-refractivity contribution >= 4 is 0 Å². The number of hydrogen-bond acceptors (Lipinski definition) is 1. The van der Waals surface area contributed by atoms with Gasteiger partial charge in [0.1, 0.15) is 0 Å². The Morgan fingerprint density at radius 3 is 2.68 bits per heavy atom. The zero-order chi connectivity index (χ0) is 13.7. The quantitative estimate of drug-likeness (QED) is 0.748. The van der Waals surface area contributed by atoms with Crippen molar-refractivity contribution in [2.45, 2.75) is 51.5 Å². The highest BCUT2D eigenvalue weighted by Gasteiger charge is 2.29. The number of hydrogen-bond donors (Lipinski definition) is 1. The largest absolute Gasteiger partial charge is 0.314 e. The van der Waals surface area contributed by atoms with Crippen LogP contribution in [-0.2, 0) is 6.42 Å². The van der Waals surface area contributed by atoms with Crippen molar-refractivity contribution < 1.29 is 8.78 Å². The first kappa shape index (κ1) is 14.4. The molecule has 1 unspecified atom stereocenters. The van der Waals surface area contributed by atoms with Crippen molar-refractivity contribution in [3.63, 3.8) is 0 Å². The Balaban J connectivity index is 1.76. The summed E-state index contributed by atoms with van der Waals surface area (Å²) >= 11 is 0. The molecule has 19 heavy (non-hydrogen) atoms. The number of nitrogens with one attached hydrogen (secondary N) is 1. The summed E-state index contributed by atoms with van der Waals surface area (Å²) in [7, 11) is 0. The highest BCUT2D eigenvalue weighted by Crippen LogP contribution is 2.34. The molecule has 0 bridgehead atoms. The normalized spacial score (nSPS) is 16.6. The summed E-state index contributed by atoms with van der Waals surface area (Å²) in [5.41, 5.74) is 0.893. The molecule has 2 rings (SSSR count). The van der Waals surface area contributed by atoms with Gasteiger partial charge in [0.05, 0.1) is 0 Å². The van der Waals surface area contributed by atoms with Crippen LogP contribution < -0.4 is 5.32 Å². The summed E-state index contributed by atoms with van der Waals surface area (Å²) in [5.74, 6) is -0.652. The Labute approximate surface area is 114 Å². The average Bonchev–Trinajstić information content (AvgIpc) is 3.22. The van der Waals surface area contributed by atoms with E-state index in [9.17, 15) is 8.78 Å². The van der Waals surface area contributed by atoms with Crippen LogP contribution in [0.25, 0.3) is 0 Å². The van der Waals surface area contributed by atoms with Crippen LogP contribution >= 0.6 is 0 Å². The van der Waals surface area contributed by atoms with E-state index in [0.29, 0.717) is 6.04 Å². The van der Waals surface area contributed by atoms with Crippen LogP contribution in [0.2, 0.25) is 0 Å². The summed E-state index contributed by atoms with van der Waals surface area (Å²) in [4.78, 5) is 0. The van der Waals surface area contributed by atoms with E-state index < -0.39 is 11.6 Å². The zero-order valence-electron chi connectivity index (χ0n) is 11.6. The van der Waals surface area contributed by atoms with Gasteiger partial charge < -0.3 is 5.32 Å². The zero-order valence-corrected chi connectivity index (χ0v) is 11.6. The SMILES string of the molecule is CCCNC(CCCc1ccc(F)c(F)c1)C1CC1. The van der Waals surface area contributed by atoms with E-state index in [4.69, 9.17) is 0 Å². The van der Waals surface area contributed by atoms with Crippen molar-refractivity contribution in [1.82, 2.24) is 5.32 Å². The van der Waals surface area contributed by atoms with Crippen LogP contribution in [0.4, 0.5) is 8.78 Å². The lowest BCUT2D eigenvalue weighted by molar-refractivity contribution is 0.424. The Bertz CT molecular complexity index is 402. The van der Waals surface area contributed by atoms with Crippen molar-refractivity contribution in [3.8, 4) is 0 Å². The first-order valence-electron chi connectivity index (χ1n) is 7.38. The minimum Gasteiger partial charge on any atom is -0.314 e. The molecule has 1 aromatic rings. The molecular formula is C16H23F2N. The lowest BCUT2D eigenvalue weighted by atomic mass is 10.0. The molecule has 0 aromatic heterocycles. The fraction of sp³-hybridized carbons (Fsp3) is 0.625. The van der Waals surface area contributed by atoms with Gasteiger partial charge in [0.2, 0.25) is 0 Å². The lowest BCUT2D eigenvalue weighted by Crippen LogP contribution is -2.31. The molecule has 106 valence electrons. The molecule has 0 heterocycles. The highest BCUT2D eigenvalue weighted by molar-refractivity contribution is 5.17. The van der Waals surface area contributed by atoms with E-state index in [1.165, 1.54) is 25.0 Å². The van der Waals surface area contributed by atoms with Crippen LogP contribution in [0.15, 0.2) is 18.2 Å². The molecule has 0 saturated heterocycles. The van der Waals surface area contributed by atoms with E-state index >= 15 is 0 Å². The Morgan fingerprint density at radius 2 is 2.05 bits per heavy atom. The van der Waals surface area contributed by atoms with Crippen LogP contribution in [0.3, 0.4) is 0 Å². The average molecular weight is 267 g/mol. The van der Waals surface area contributed by atoms with Crippen LogP contribution in [0, 0.1) is 17.6 Å². The third-order valence-corrected chi connectivity index (χ3v) is 3.81. The second-order valence-corrected chi connectivity index (χ2v) is 5.54. The summed E-state index contributed by atoms with van der Waals surface area (Å²) in [6.07, 6.45) is 6.83. The smallest absolute Gasteiger partial charge is 0.159 e. The van der Waals surface area contributed by atoms with Gasteiger partial charge in [-0.15, -0.1) is 0 Å². The van der Waals surface area contributed by atoms with Crippen molar-refractivity contribution in [2.24, 2.45) is 5.92 Å². The van der Waals surface area contributed by atoms with E-state index in [1.807, 2.05) is 0 Å². The summed E-state index contributed by atoms with van der Waals surface area (Å²) in [5, 5.41) is 3.60. The molecule has 1 fully saturated rings. The van der Waals surface area contributed by atoms with E-state index in [0.717, 1.165) is 43.7 Å². The van der Waals surface area contributed by atoms with Crippen LogP contribution in [0.1, 0.15) is 44.6 Å². The fourth-order valence-electron chi connectivity index (χ4n) is 2.55. The number of benzene rings is 1. The van der Waals surface area contributed by atoms with Gasteiger partial charge in [0.25, 0.3) is 0 Å². The van der Waals surface area contributed by atoms with Crippen molar-refractivity contribution in [1.29, 1.82) is 0 Å². The Hall–Kier alpha value is -0.960. The third kappa shape index (κ3) is 4.57. The molecule has 3 heteroatoms. The van der Waals surface area contributed by atoms with Crippen molar-refractivity contribution in [3.05, 3.63) is 35.4 Å². The molecule has 1 saturated carbocycles. The van der Waals surface area contributed by atoms with Gasteiger partial charge in [-0.25, -0.2) is 8.78 Å². The molecule has 1 aliphatic carbocycles. The van der Waals surface area contributed by atoms with Gasteiger partial charge in [-0.3, -0.25) is 0 Å². The van der Waals surface area contributed by atoms with Gasteiger partial charge in [-0.2, -0.15) is 0 Å². The minimum absolute atomic E-state index is 0.616. The van der Waals surface area contributed by atoms with Gasteiger partial charge in [0.15, 0.2) is 11.6 Å². The van der Waals surface area contributed by atoms with E-state index in [2.05, 4.69) is 12.2 Å². The summed E-state index contributed by atoms with van der Waals surface area (Å²) in [6.45, 7) is 3.25. The number of aryl methyl sites for hydroxylation is 1. The Morgan fingerprint density at radius 1 is 1.26 bits per heavy atom. The molecule has 1 atom stereocenters. The molecule has 0 amide bonds. The van der Waals surface area contributed by atoms with E-state index in [1.54, 1.807) is 6.07 Å². The molecule has 0 aliphatic heterocycles. The van der Waals surface area contributed by atoms with Gasteiger partial charge in [-0.05, 0) is 68.7 Å². The topological polar surface area (TPSA) is 12.0 Å². The van der Waals surface area contributed by atoms with Gasteiger partial charge in [0, 0.05) is 6.04 Å². The first-order chi connectivity index (χ1) is 9.20. The first-order valence-corrected chi connectivity index (χ1v) is 7.38. The van der Waals surface area contributed by atoms with Crippen LogP contribution in [0.5, 0.6) is 0 Å². The lowest BCUT2D eigenvalue weighted by Gasteiger charge is -2.17. The van der Waals surface area contributed by atoms with Gasteiger partial charge in [-0.1, -0.05) is 13.0 Å². The number of rotatable bonds is 8. The maximum atomic E-state index is 13.1. The molecule has 1 nitrogen and oxygen atoms in total. The summed E-state index contributed by atoms with van der Waals surface area (Å²) in [6, 6.07) is 4.84. The monoisotopic (exact) mass is 267 g/mol. The molecule has 0 radical (unpaired) electrons. The molecule has 1 aliphatic rings. The fourth-order valence-corrected chi connectivity index (χ4v) is 2.55. The minimum atomic E-state index is -0.760. The van der Waals surface area contributed by atoms with E-state index in [-0.39, 0.29) is 0 Å². The third-order valence-electron chi connectivity index (χ3n) is 3.81. The maximum Gasteiger partial charge on any atom is 0.159 e. The van der Waals surface area contributed by atoms with Crippen molar-refractivity contribution in [2.75, 3.05) is 6.54 Å². The predicted octanol–water partition coefficient (Wildman–Crippen LogP) is 4.07. The second kappa shape index (κ2) is 6.99. The molecule has 1 aromatic carbocycles. The Kier molecular flexibility index (Phi) is 5.32. The molecular weight excluding hydrogens is 244 g/mol. The highest BCUT2D eigenvalue weighted by atomic mass is 19.2. The maximum absolute atomic E-state index is 13.1. The standard InChI is InChI=1S/C16H23F2N/c1-2-10-19-16(13-7-8-13)5-3-4-12-6-9-14(17)15(18)11-12/h6,9,11,13,16,19H,2-5,7-8,10H2,1H3. The number of halogens is 2. The molecule has 0 spiro atoms. The van der Waals surface area contributed by atoms with Gasteiger partial charge >= 0.3 is 0 Å². The summed E-state index contributed by atoms with van der Waals surface area (Å²) < 4.78 is 25.9. The predicted molar refractivity (Wildman–Crippen MR) is 74.1 cm³/mol.